The first-order valence-corrected chi connectivity index (χ1v) is 6.04. The Kier molecular flexibility index (Phi) is 2.45. The van der Waals surface area contributed by atoms with Crippen LogP contribution in [0.15, 0.2) is 23.7 Å². The van der Waals surface area contributed by atoms with Gasteiger partial charge in [0.25, 0.3) is 0 Å². The van der Waals surface area contributed by atoms with Gasteiger partial charge in [-0.25, -0.2) is 4.98 Å². The number of nitrogens with one attached hydrogen (secondary N) is 2. The number of tetrazole rings is 1. The molecule has 0 aromatic carbocycles. The standard InChI is InChI=1S/C10H10N6S/c1-6(9-13-15-16-14-9)12-10-7-3-5-17-8(7)2-4-11-10/h2-6H,1H3,(H,11,12)(H,13,14,15,16). The minimum atomic E-state index is -0.0354. The van der Waals surface area contributed by atoms with Gasteiger partial charge in [0.2, 0.25) is 0 Å². The molecule has 0 saturated heterocycles. The number of H-pyrrole nitrogens is 1. The zero-order valence-electron chi connectivity index (χ0n) is 9.08. The van der Waals surface area contributed by atoms with Gasteiger partial charge in [0.1, 0.15) is 5.82 Å². The van der Waals surface area contributed by atoms with E-state index in [0.717, 1.165) is 11.2 Å². The van der Waals surface area contributed by atoms with E-state index in [9.17, 15) is 0 Å². The molecular weight excluding hydrogens is 236 g/mol. The zero-order chi connectivity index (χ0) is 11.7. The molecule has 2 N–H and O–H groups in total. The van der Waals surface area contributed by atoms with Crippen molar-refractivity contribution >= 4 is 27.2 Å². The molecule has 17 heavy (non-hydrogen) atoms. The Labute approximate surface area is 101 Å². The van der Waals surface area contributed by atoms with Gasteiger partial charge in [-0.05, 0) is 24.4 Å². The molecule has 3 heterocycles. The van der Waals surface area contributed by atoms with Gasteiger partial charge >= 0.3 is 0 Å². The molecule has 1 unspecified atom stereocenters. The molecule has 0 aliphatic heterocycles. The molecule has 0 amide bonds. The third-order valence-corrected chi connectivity index (χ3v) is 3.36. The number of anilines is 1. The minimum absolute atomic E-state index is 0.0354. The Hall–Kier alpha value is -2.02. The van der Waals surface area contributed by atoms with Gasteiger partial charge in [0.15, 0.2) is 5.82 Å². The molecule has 0 aliphatic rings. The molecule has 0 spiro atoms. The van der Waals surface area contributed by atoms with E-state index in [4.69, 9.17) is 0 Å². The average Bonchev–Trinajstić information content (AvgIpc) is 3.00. The molecular formula is C10H10N6S. The molecule has 0 aliphatic carbocycles. The monoisotopic (exact) mass is 246 g/mol. The zero-order valence-corrected chi connectivity index (χ0v) is 9.90. The van der Waals surface area contributed by atoms with Gasteiger partial charge in [-0.2, -0.15) is 5.21 Å². The van der Waals surface area contributed by atoms with Crippen molar-refractivity contribution in [3.63, 3.8) is 0 Å². The van der Waals surface area contributed by atoms with Crippen molar-refractivity contribution in [2.75, 3.05) is 5.32 Å². The highest BCUT2D eigenvalue weighted by molar-refractivity contribution is 7.17. The topological polar surface area (TPSA) is 79.4 Å². The molecule has 7 heteroatoms. The first-order valence-electron chi connectivity index (χ1n) is 5.16. The Morgan fingerprint density at radius 3 is 3.18 bits per heavy atom. The van der Waals surface area contributed by atoms with Crippen molar-refractivity contribution in [2.24, 2.45) is 0 Å². The summed E-state index contributed by atoms with van der Waals surface area (Å²) in [4.78, 5) is 4.34. The van der Waals surface area contributed by atoms with Crippen LogP contribution in [0.4, 0.5) is 5.82 Å². The molecule has 0 saturated carbocycles. The van der Waals surface area contributed by atoms with E-state index in [2.05, 4.69) is 42.4 Å². The Morgan fingerprint density at radius 1 is 1.41 bits per heavy atom. The second kappa shape index (κ2) is 4.10. The van der Waals surface area contributed by atoms with Crippen LogP contribution in [-0.2, 0) is 0 Å². The number of aromatic amines is 1. The maximum absolute atomic E-state index is 4.34. The largest absolute Gasteiger partial charge is 0.360 e. The van der Waals surface area contributed by atoms with Gasteiger partial charge in [0, 0.05) is 16.3 Å². The van der Waals surface area contributed by atoms with Gasteiger partial charge in [-0.3, -0.25) is 0 Å². The maximum atomic E-state index is 4.34. The van der Waals surface area contributed by atoms with Crippen LogP contribution in [0.2, 0.25) is 0 Å². The van der Waals surface area contributed by atoms with Crippen molar-refractivity contribution < 1.29 is 0 Å². The van der Waals surface area contributed by atoms with Crippen LogP contribution in [0.1, 0.15) is 18.8 Å². The lowest BCUT2D eigenvalue weighted by atomic mass is 10.2. The van der Waals surface area contributed by atoms with Crippen molar-refractivity contribution in [2.45, 2.75) is 13.0 Å². The molecule has 0 radical (unpaired) electrons. The number of pyridine rings is 1. The fourth-order valence-corrected chi connectivity index (χ4v) is 2.41. The van der Waals surface area contributed by atoms with Gasteiger partial charge in [0.05, 0.1) is 6.04 Å². The summed E-state index contributed by atoms with van der Waals surface area (Å²) in [6.07, 6.45) is 1.80. The SMILES string of the molecule is CC(Nc1nccc2sccc12)c1nn[nH]n1. The summed E-state index contributed by atoms with van der Waals surface area (Å²) in [6, 6.07) is 4.02. The number of aromatic nitrogens is 5. The molecule has 3 aromatic rings. The summed E-state index contributed by atoms with van der Waals surface area (Å²) in [5, 5.41) is 20.3. The quantitative estimate of drug-likeness (QED) is 0.738. The number of thiophene rings is 1. The van der Waals surface area contributed by atoms with E-state index in [1.165, 1.54) is 4.70 Å². The summed E-state index contributed by atoms with van der Waals surface area (Å²) < 4.78 is 1.21. The van der Waals surface area contributed by atoms with Crippen LogP contribution in [-0.4, -0.2) is 25.6 Å². The second-order valence-corrected chi connectivity index (χ2v) is 4.58. The lowest BCUT2D eigenvalue weighted by molar-refractivity contribution is 0.790. The van der Waals surface area contributed by atoms with Crippen molar-refractivity contribution in [3.05, 3.63) is 29.5 Å². The number of hydrogen-bond donors (Lipinski definition) is 2. The summed E-state index contributed by atoms with van der Waals surface area (Å²) in [7, 11) is 0. The Bertz CT molecular complexity index is 617. The smallest absolute Gasteiger partial charge is 0.196 e. The lowest BCUT2D eigenvalue weighted by Crippen LogP contribution is -2.09. The lowest BCUT2D eigenvalue weighted by Gasteiger charge is -2.11. The molecule has 3 rings (SSSR count). The van der Waals surface area contributed by atoms with E-state index in [0.29, 0.717) is 5.82 Å². The number of fused-ring (bicyclic) bond motifs is 1. The van der Waals surface area contributed by atoms with Crippen molar-refractivity contribution in [1.82, 2.24) is 25.6 Å². The van der Waals surface area contributed by atoms with E-state index in [1.807, 2.05) is 13.0 Å². The predicted molar refractivity (Wildman–Crippen MR) is 65.8 cm³/mol. The number of nitrogens with zero attached hydrogens (tertiary/aromatic N) is 4. The number of hydrogen-bond acceptors (Lipinski definition) is 6. The molecule has 6 nitrogen and oxygen atoms in total. The molecule has 3 aromatic heterocycles. The third kappa shape index (κ3) is 1.84. The van der Waals surface area contributed by atoms with Crippen LogP contribution < -0.4 is 5.32 Å². The normalized spacial score (nSPS) is 12.8. The first-order chi connectivity index (χ1) is 8.34. The van der Waals surface area contributed by atoms with E-state index >= 15 is 0 Å². The van der Waals surface area contributed by atoms with Crippen LogP contribution >= 0.6 is 11.3 Å². The van der Waals surface area contributed by atoms with E-state index < -0.39 is 0 Å². The van der Waals surface area contributed by atoms with Crippen LogP contribution in [0.25, 0.3) is 10.1 Å². The van der Waals surface area contributed by atoms with Gasteiger partial charge in [-0.1, -0.05) is 5.21 Å². The van der Waals surface area contributed by atoms with Crippen LogP contribution in [0.3, 0.4) is 0 Å². The summed E-state index contributed by atoms with van der Waals surface area (Å²) >= 11 is 1.70. The molecule has 0 bridgehead atoms. The Balaban J connectivity index is 1.92. The van der Waals surface area contributed by atoms with Crippen molar-refractivity contribution in [1.29, 1.82) is 0 Å². The summed E-state index contributed by atoms with van der Waals surface area (Å²) in [5.74, 6) is 1.47. The average molecular weight is 246 g/mol. The Morgan fingerprint density at radius 2 is 2.35 bits per heavy atom. The predicted octanol–water partition coefficient (Wildman–Crippen LogP) is 1.98. The molecule has 86 valence electrons. The summed E-state index contributed by atoms with van der Waals surface area (Å²) in [5.41, 5.74) is 0. The highest BCUT2D eigenvalue weighted by atomic mass is 32.1. The highest BCUT2D eigenvalue weighted by Gasteiger charge is 2.12. The van der Waals surface area contributed by atoms with E-state index in [-0.39, 0.29) is 6.04 Å². The van der Waals surface area contributed by atoms with Gasteiger partial charge in [-0.15, -0.1) is 21.5 Å². The van der Waals surface area contributed by atoms with Crippen molar-refractivity contribution in [3.8, 4) is 0 Å². The third-order valence-electron chi connectivity index (χ3n) is 2.48. The highest BCUT2D eigenvalue weighted by Crippen LogP contribution is 2.27. The fourth-order valence-electron chi connectivity index (χ4n) is 1.63. The molecule has 0 fully saturated rings. The maximum Gasteiger partial charge on any atom is 0.196 e. The van der Waals surface area contributed by atoms with Gasteiger partial charge < -0.3 is 5.32 Å². The van der Waals surface area contributed by atoms with E-state index in [1.54, 1.807) is 17.5 Å². The fraction of sp³-hybridized carbons (Fsp3) is 0.200. The molecule has 1 atom stereocenters. The second-order valence-electron chi connectivity index (χ2n) is 3.63. The van der Waals surface area contributed by atoms with Crippen LogP contribution in [0, 0.1) is 0 Å². The number of rotatable bonds is 3. The minimum Gasteiger partial charge on any atom is -0.360 e. The first kappa shape index (κ1) is 10.2. The van der Waals surface area contributed by atoms with Crippen LogP contribution in [0.5, 0.6) is 0 Å². The summed E-state index contributed by atoms with van der Waals surface area (Å²) in [6.45, 7) is 1.97.